The highest BCUT2D eigenvalue weighted by atomic mass is 19.1. The summed E-state index contributed by atoms with van der Waals surface area (Å²) < 4.78 is 34.4. The Balaban J connectivity index is 1.73. The number of hydrogen-bond acceptors (Lipinski definition) is 4. The molecule has 0 saturated heterocycles. The van der Waals surface area contributed by atoms with E-state index in [-0.39, 0.29) is 17.3 Å². The van der Waals surface area contributed by atoms with Crippen molar-refractivity contribution >= 4 is 0 Å². The van der Waals surface area contributed by atoms with Gasteiger partial charge in [0.1, 0.15) is 5.82 Å². The Labute approximate surface area is 184 Å². The zero-order valence-corrected chi connectivity index (χ0v) is 17.7. The summed E-state index contributed by atoms with van der Waals surface area (Å²) in [4.78, 5) is 20.9. The largest absolute Gasteiger partial charge is 0.421 e. The lowest BCUT2D eigenvalue weighted by atomic mass is 10.1. The minimum atomic E-state index is -0.845. The number of aromatic nitrogens is 3. The number of hydrogen-bond donors (Lipinski definition) is 0. The summed E-state index contributed by atoms with van der Waals surface area (Å²) in [6, 6.07) is 16.5. The van der Waals surface area contributed by atoms with Crippen LogP contribution in [0.5, 0.6) is 11.8 Å². The molecule has 2 aromatic carbocycles. The fraction of sp³-hybridized carbons (Fsp3) is 0.160. The van der Waals surface area contributed by atoms with E-state index >= 15 is 0 Å². The molecule has 2 heterocycles. The Morgan fingerprint density at radius 2 is 1.75 bits per heavy atom. The molecule has 4 rings (SSSR count). The lowest BCUT2D eigenvalue weighted by molar-refractivity contribution is 0.406. The van der Waals surface area contributed by atoms with Gasteiger partial charge in [-0.25, -0.2) is 8.78 Å². The SMILES string of the molecule is Cc1cc(-c2cc(CCc3ccccc3)nc(Oc3ccc(F)cc3F)n2)cn(C)c1=O. The standard InChI is InChI=1S/C25H21F2N3O2/c1-16-12-18(15-30(2)24(16)31)22-14-20(10-8-17-6-4-3-5-7-17)28-25(29-22)32-23-11-9-19(26)13-21(23)27/h3-7,9,11-15H,8,10H2,1-2H3. The molecule has 0 N–H and O–H groups in total. The van der Waals surface area contributed by atoms with Crippen LogP contribution in [0.1, 0.15) is 16.8 Å². The van der Waals surface area contributed by atoms with Gasteiger partial charge < -0.3 is 9.30 Å². The number of halogens is 2. The Bertz CT molecular complexity index is 1290. The van der Waals surface area contributed by atoms with Crippen LogP contribution < -0.4 is 10.3 Å². The zero-order valence-electron chi connectivity index (χ0n) is 17.7. The van der Waals surface area contributed by atoms with Gasteiger partial charge in [0.25, 0.3) is 5.56 Å². The molecule has 0 bridgehead atoms. The average molecular weight is 433 g/mol. The molecule has 32 heavy (non-hydrogen) atoms. The molecule has 0 amide bonds. The Hall–Kier alpha value is -3.87. The van der Waals surface area contributed by atoms with Crippen molar-refractivity contribution in [3.05, 3.63) is 106 Å². The molecule has 0 aliphatic rings. The third kappa shape index (κ3) is 4.88. The van der Waals surface area contributed by atoms with Crippen LogP contribution in [0, 0.1) is 18.6 Å². The summed E-state index contributed by atoms with van der Waals surface area (Å²) in [6.07, 6.45) is 3.03. The van der Waals surface area contributed by atoms with Crippen molar-refractivity contribution in [2.45, 2.75) is 19.8 Å². The number of aryl methyl sites for hydroxylation is 4. The molecule has 0 aliphatic carbocycles. The van der Waals surface area contributed by atoms with Crippen LogP contribution in [0.2, 0.25) is 0 Å². The third-order valence-corrected chi connectivity index (χ3v) is 5.02. The van der Waals surface area contributed by atoms with E-state index in [9.17, 15) is 13.6 Å². The highest BCUT2D eigenvalue weighted by Gasteiger charge is 2.13. The van der Waals surface area contributed by atoms with Crippen molar-refractivity contribution in [2.24, 2.45) is 7.05 Å². The average Bonchev–Trinajstić information content (AvgIpc) is 2.78. The van der Waals surface area contributed by atoms with Crippen molar-refractivity contribution in [1.29, 1.82) is 0 Å². The molecule has 0 saturated carbocycles. The normalized spacial score (nSPS) is 10.9. The highest BCUT2D eigenvalue weighted by Crippen LogP contribution is 2.26. The van der Waals surface area contributed by atoms with Gasteiger partial charge in [0.15, 0.2) is 11.6 Å². The third-order valence-electron chi connectivity index (χ3n) is 5.02. The van der Waals surface area contributed by atoms with E-state index in [1.165, 1.54) is 10.6 Å². The van der Waals surface area contributed by atoms with Gasteiger partial charge in [-0.05, 0) is 49.6 Å². The Morgan fingerprint density at radius 1 is 0.969 bits per heavy atom. The van der Waals surface area contributed by atoms with Gasteiger partial charge in [0, 0.05) is 36.1 Å². The minimum absolute atomic E-state index is 0.0532. The Morgan fingerprint density at radius 3 is 2.47 bits per heavy atom. The monoisotopic (exact) mass is 433 g/mol. The molecule has 0 spiro atoms. The van der Waals surface area contributed by atoms with Crippen LogP contribution in [0.25, 0.3) is 11.3 Å². The summed E-state index contributed by atoms with van der Waals surface area (Å²) in [5.41, 5.74) is 3.57. The molecular weight excluding hydrogens is 412 g/mol. The summed E-state index contributed by atoms with van der Waals surface area (Å²) in [6.45, 7) is 1.73. The minimum Gasteiger partial charge on any atom is -0.421 e. The van der Waals surface area contributed by atoms with Crippen LogP contribution in [0.15, 0.2) is 71.7 Å². The molecule has 2 aromatic heterocycles. The molecule has 4 aromatic rings. The molecule has 0 unspecified atom stereocenters. The first-order valence-corrected chi connectivity index (χ1v) is 10.1. The predicted octanol–water partition coefficient (Wildman–Crippen LogP) is 5.01. The van der Waals surface area contributed by atoms with E-state index < -0.39 is 11.6 Å². The lowest BCUT2D eigenvalue weighted by Gasteiger charge is -2.11. The second kappa shape index (κ2) is 9.09. The molecule has 0 radical (unpaired) electrons. The van der Waals surface area contributed by atoms with Gasteiger partial charge in [-0.1, -0.05) is 30.3 Å². The van der Waals surface area contributed by atoms with E-state index in [4.69, 9.17) is 4.74 Å². The van der Waals surface area contributed by atoms with Gasteiger partial charge in [-0.3, -0.25) is 4.79 Å². The van der Waals surface area contributed by atoms with Crippen LogP contribution in [-0.4, -0.2) is 14.5 Å². The molecule has 7 heteroatoms. The van der Waals surface area contributed by atoms with Gasteiger partial charge >= 0.3 is 6.01 Å². The number of nitrogens with zero attached hydrogens (tertiary/aromatic N) is 3. The van der Waals surface area contributed by atoms with Crippen molar-refractivity contribution in [1.82, 2.24) is 14.5 Å². The van der Waals surface area contributed by atoms with Crippen LogP contribution in [0.3, 0.4) is 0 Å². The second-order valence-electron chi connectivity index (χ2n) is 7.52. The van der Waals surface area contributed by atoms with Gasteiger partial charge in [0.2, 0.25) is 0 Å². The number of pyridine rings is 1. The molecule has 5 nitrogen and oxygen atoms in total. The van der Waals surface area contributed by atoms with Crippen LogP contribution in [0.4, 0.5) is 8.78 Å². The van der Waals surface area contributed by atoms with Crippen molar-refractivity contribution in [2.75, 3.05) is 0 Å². The van der Waals surface area contributed by atoms with Gasteiger partial charge in [-0.15, -0.1) is 0 Å². The number of rotatable bonds is 6. The topological polar surface area (TPSA) is 57.0 Å². The maximum atomic E-state index is 14.1. The van der Waals surface area contributed by atoms with Crippen LogP contribution in [-0.2, 0) is 19.9 Å². The summed E-state index contributed by atoms with van der Waals surface area (Å²) in [7, 11) is 1.67. The first-order chi connectivity index (χ1) is 15.4. The van der Waals surface area contributed by atoms with E-state index in [0.717, 1.165) is 24.1 Å². The fourth-order valence-corrected chi connectivity index (χ4v) is 3.39. The first kappa shape index (κ1) is 21.4. The van der Waals surface area contributed by atoms with Crippen molar-refractivity contribution in [3.63, 3.8) is 0 Å². The zero-order chi connectivity index (χ0) is 22.7. The highest BCUT2D eigenvalue weighted by molar-refractivity contribution is 5.59. The summed E-state index contributed by atoms with van der Waals surface area (Å²) in [5, 5.41) is 0. The first-order valence-electron chi connectivity index (χ1n) is 10.1. The number of ether oxygens (including phenoxy) is 1. The smallest absolute Gasteiger partial charge is 0.322 e. The summed E-state index contributed by atoms with van der Waals surface area (Å²) in [5.74, 6) is -1.72. The molecule has 0 fully saturated rings. The molecular formula is C25H21F2N3O2. The quantitative estimate of drug-likeness (QED) is 0.429. The van der Waals surface area contributed by atoms with E-state index in [1.807, 2.05) is 36.4 Å². The second-order valence-corrected chi connectivity index (χ2v) is 7.52. The van der Waals surface area contributed by atoms with Crippen LogP contribution >= 0.6 is 0 Å². The van der Waals surface area contributed by atoms with Gasteiger partial charge in [-0.2, -0.15) is 9.97 Å². The fourth-order valence-electron chi connectivity index (χ4n) is 3.39. The van der Waals surface area contributed by atoms with Crippen molar-refractivity contribution in [3.8, 4) is 23.0 Å². The molecule has 0 atom stereocenters. The molecule has 0 aliphatic heterocycles. The maximum Gasteiger partial charge on any atom is 0.322 e. The molecule has 162 valence electrons. The lowest BCUT2D eigenvalue weighted by Crippen LogP contribution is -2.18. The number of benzene rings is 2. The Kier molecular flexibility index (Phi) is 6.07. The van der Waals surface area contributed by atoms with Gasteiger partial charge in [0.05, 0.1) is 5.69 Å². The van der Waals surface area contributed by atoms with E-state index in [1.54, 1.807) is 26.2 Å². The van der Waals surface area contributed by atoms with E-state index in [2.05, 4.69) is 9.97 Å². The summed E-state index contributed by atoms with van der Waals surface area (Å²) >= 11 is 0. The van der Waals surface area contributed by atoms with Crippen molar-refractivity contribution < 1.29 is 13.5 Å². The predicted molar refractivity (Wildman–Crippen MR) is 118 cm³/mol. The maximum absolute atomic E-state index is 14.1. The van der Waals surface area contributed by atoms with E-state index in [0.29, 0.717) is 28.9 Å².